The van der Waals surface area contributed by atoms with Crippen LogP contribution in [0.1, 0.15) is 22.2 Å². The van der Waals surface area contributed by atoms with E-state index in [1.54, 1.807) is 28.4 Å². The minimum absolute atomic E-state index is 0.0171. The number of carbonyl (C=O) groups excluding carboxylic acids is 1. The van der Waals surface area contributed by atoms with Crippen molar-refractivity contribution in [3.63, 3.8) is 0 Å². The number of hydrogen-bond acceptors (Lipinski definition) is 2. The summed E-state index contributed by atoms with van der Waals surface area (Å²) in [5, 5.41) is 2.52. The third-order valence-corrected chi connectivity index (χ3v) is 3.89. The molecule has 0 fully saturated rings. The molecule has 0 radical (unpaired) electrons. The molecule has 1 aromatic heterocycles. The standard InChI is InChI=1S/C14H14ClNOS/c1-2-16(10-11-6-5-9-18-11)14(17)12-7-3-4-8-13(12)15/h3-9H,2,10H2,1H3. The zero-order chi connectivity index (χ0) is 13.0. The predicted molar refractivity (Wildman–Crippen MR) is 76.2 cm³/mol. The Morgan fingerprint density at radius 3 is 2.67 bits per heavy atom. The summed E-state index contributed by atoms with van der Waals surface area (Å²) in [7, 11) is 0. The molecule has 0 bridgehead atoms. The summed E-state index contributed by atoms with van der Waals surface area (Å²) in [4.78, 5) is 15.3. The van der Waals surface area contributed by atoms with Gasteiger partial charge in [-0.3, -0.25) is 4.79 Å². The molecule has 0 N–H and O–H groups in total. The van der Waals surface area contributed by atoms with Crippen molar-refractivity contribution in [3.8, 4) is 0 Å². The van der Waals surface area contributed by atoms with Crippen molar-refractivity contribution in [2.45, 2.75) is 13.5 Å². The Morgan fingerprint density at radius 1 is 1.28 bits per heavy atom. The van der Waals surface area contributed by atoms with E-state index in [2.05, 4.69) is 0 Å². The largest absolute Gasteiger partial charge is 0.334 e. The van der Waals surface area contributed by atoms with Gasteiger partial charge in [0.2, 0.25) is 0 Å². The average Bonchev–Trinajstić information content (AvgIpc) is 2.88. The molecule has 2 rings (SSSR count). The first kappa shape index (κ1) is 13.1. The van der Waals surface area contributed by atoms with Crippen molar-refractivity contribution in [1.82, 2.24) is 4.90 Å². The molecule has 0 saturated heterocycles. The lowest BCUT2D eigenvalue weighted by Gasteiger charge is -2.20. The monoisotopic (exact) mass is 279 g/mol. The average molecular weight is 280 g/mol. The van der Waals surface area contributed by atoms with Gasteiger partial charge in [-0.1, -0.05) is 29.8 Å². The molecule has 0 unspecified atom stereocenters. The van der Waals surface area contributed by atoms with Crippen LogP contribution in [0.15, 0.2) is 41.8 Å². The van der Waals surface area contributed by atoms with Crippen LogP contribution in [0.5, 0.6) is 0 Å². The quantitative estimate of drug-likeness (QED) is 0.826. The Hall–Kier alpha value is -1.32. The molecule has 0 aliphatic heterocycles. The van der Waals surface area contributed by atoms with E-state index >= 15 is 0 Å². The highest BCUT2D eigenvalue weighted by Crippen LogP contribution is 2.19. The zero-order valence-corrected chi connectivity index (χ0v) is 11.7. The van der Waals surface area contributed by atoms with Crippen LogP contribution in [-0.2, 0) is 6.54 Å². The molecule has 4 heteroatoms. The molecular weight excluding hydrogens is 266 g/mol. The second-order valence-electron chi connectivity index (χ2n) is 3.88. The maximum Gasteiger partial charge on any atom is 0.255 e. The maximum atomic E-state index is 12.4. The Labute approximate surface area is 116 Å². The van der Waals surface area contributed by atoms with Gasteiger partial charge in [-0.05, 0) is 30.5 Å². The summed E-state index contributed by atoms with van der Waals surface area (Å²) < 4.78 is 0. The molecule has 0 spiro atoms. The highest BCUT2D eigenvalue weighted by Gasteiger charge is 2.17. The molecule has 0 aliphatic rings. The predicted octanol–water partition coefficient (Wildman–Crippen LogP) is 4.06. The third-order valence-electron chi connectivity index (χ3n) is 2.70. The van der Waals surface area contributed by atoms with Crippen LogP contribution in [0.4, 0.5) is 0 Å². The van der Waals surface area contributed by atoms with Gasteiger partial charge in [0.05, 0.1) is 17.1 Å². The van der Waals surface area contributed by atoms with Gasteiger partial charge in [0.1, 0.15) is 0 Å². The number of amides is 1. The Morgan fingerprint density at radius 2 is 2.06 bits per heavy atom. The van der Waals surface area contributed by atoms with Crippen molar-refractivity contribution >= 4 is 28.8 Å². The molecule has 0 aliphatic carbocycles. The SMILES string of the molecule is CCN(Cc1cccs1)C(=O)c1ccccc1Cl. The number of nitrogens with zero attached hydrogens (tertiary/aromatic N) is 1. The highest BCUT2D eigenvalue weighted by molar-refractivity contribution is 7.09. The number of carbonyl (C=O) groups is 1. The van der Waals surface area contributed by atoms with E-state index in [4.69, 9.17) is 11.6 Å². The van der Waals surface area contributed by atoms with Gasteiger partial charge in [-0.25, -0.2) is 0 Å². The normalized spacial score (nSPS) is 10.3. The molecule has 0 saturated carbocycles. The first-order valence-corrected chi connectivity index (χ1v) is 7.04. The van der Waals surface area contributed by atoms with Gasteiger partial charge in [-0.2, -0.15) is 0 Å². The van der Waals surface area contributed by atoms with Gasteiger partial charge in [0.25, 0.3) is 5.91 Å². The molecule has 2 aromatic rings. The second kappa shape index (κ2) is 6.03. The highest BCUT2D eigenvalue weighted by atomic mass is 35.5. The fraction of sp³-hybridized carbons (Fsp3) is 0.214. The summed E-state index contributed by atoms with van der Waals surface area (Å²) in [5.74, 6) is -0.0171. The Kier molecular flexibility index (Phi) is 4.39. The van der Waals surface area contributed by atoms with Crippen LogP contribution in [0.2, 0.25) is 5.02 Å². The van der Waals surface area contributed by atoms with Crippen molar-refractivity contribution in [2.24, 2.45) is 0 Å². The topological polar surface area (TPSA) is 20.3 Å². The van der Waals surface area contributed by atoms with E-state index in [1.807, 2.05) is 36.6 Å². The second-order valence-corrected chi connectivity index (χ2v) is 5.32. The number of halogens is 1. The van der Waals surface area contributed by atoms with Crippen molar-refractivity contribution in [3.05, 3.63) is 57.2 Å². The van der Waals surface area contributed by atoms with E-state index in [-0.39, 0.29) is 5.91 Å². The van der Waals surface area contributed by atoms with Crippen molar-refractivity contribution in [2.75, 3.05) is 6.54 Å². The minimum Gasteiger partial charge on any atom is -0.334 e. The lowest BCUT2D eigenvalue weighted by Crippen LogP contribution is -2.30. The minimum atomic E-state index is -0.0171. The first-order chi connectivity index (χ1) is 8.72. The van der Waals surface area contributed by atoms with Crippen LogP contribution < -0.4 is 0 Å². The summed E-state index contributed by atoms with van der Waals surface area (Å²) in [6.07, 6.45) is 0. The van der Waals surface area contributed by atoms with E-state index in [0.29, 0.717) is 23.7 Å². The van der Waals surface area contributed by atoms with E-state index in [9.17, 15) is 4.79 Å². The Bertz CT molecular complexity index is 524. The van der Waals surface area contributed by atoms with Crippen molar-refractivity contribution in [1.29, 1.82) is 0 Å². The fourth-order valence-corrected chi connectivity index (χ4v) is 2.66. The lowest BCUT2D eigenvalue weighted by atomic mass is 10.2. The smallest absolute Gasteiger partial charge is 0.255 e. The van der Waals surface area contributed by atoms with Gasteiger partial charge in [-0.15, -0.1) is 11.3 Å². The summed E-state index contributed by atoms with van der Waals surface area (Å²) in [5.41, 5.74) is 0.567. The van der Waals surface area contributed by atoms with Crippen LogP contribution in [-0.4, -0.2) is 17.4 Å². The van der Waals surface area contributed by atoms with Crippen LogP contribution >= 0.6 is 22.9 Å². The Balaban J connectivity index is 2.18. The molecule has 1 aromatic carbocycles. The van der Waals surface area contributed by atoms with Crippen LogP contribution in [0, 0.1) is 0 Å². The number of rotatable bonds is 4. The van der Waals surface area contributed by atoms with Crippen molar-refractivity contribution < 1.29 is 4.79 Å². The molecule has 2 nitrogen and oxygen atoms in total. The number of hydrogen-bond donors (Lipinski definition) is 0. The summed E-state index contributed by atoms with van der Waals surface area (Å²) >= 11 is 7.71. The molecular formula is C14H14ClNOS. The van der Waals surface area contributed by atoms with Gasteiger partial charge in [0, 0.05) is 11.4 Å². The summed E-state index contributed by atoms with van der Waals surface area (Å²) in [6, 6.07) is 11.2. The number of benzene rings is 1. The van der Waals surface area contributed by atoms with Crippen LogP contribution in [0.3, 0.4) is 0 Å². The van der Waals surface area contributed by atoms with E-state index < -0.39 is 0 Å². The molecule has 94 valence electrons. The summed E-state index contributed by atoms with van der Waals surface area (Å²) in [6.45, 7) is 3.28. The molecule has 18 heavy (non-hydrogen) atoms. The van der Waals surface area contributed by atoms with E-state index in [1.165, 1.54) is 4.88 Å². The fourth-order valence-electron chi connectivity index (χ4n) is 1.72. The zero-order valence-electron chi connectivity index (χ0n) is 10.1. The molecule has 1 amide bonds. The maximum absolute atomic E-state index is 12.4. The molecule has 0 atom stereocenters. The van der Waals surface area contributed by atoms with E-state index in [0.717, 1.165) is 0 Å². The van der Waals surface area contributed by atoms with Gasteiger partial charge >= 0.3 is 0 Å². The number of thiophene rings is 1. The third kappa shape index (κ3) is 2.92. The van der Waals surface area contributed by atoms with Gasteiger partial charge in [0.15, 0.2) is 0 Å². The first-order valence-electron chi connectivity index (χ1n) is 5.78. The lowest BCUT2D eigenvalue weighted by molar-refractivity contribution is 0.0754. The molecule has 1 heterocycles. The van der Waals surface area contributed by atoms with Crippen LogP contribution in [0.25, 0.3) is 0 Å². The van der Waals surface area contributed by atoms with Gasteiger partial charge < -0.3 is 4.90 Å².